The van der Waals surface area contributed by atoms with Crippen molar-refractivity contribution in [1.82, 2.24) is 10.2 Å². The molecular weight excluding hydrogens is 356 g/mol. The average molecular weight is 383 g/mol. The standard InChI is InChI=1S/C18H27BrN2O2/c1-13-10-14(7-8-16(13)19)11-20-12-15-6-5-9-21(15)17(22)23-18(2,3)4/h7-8,10,15,20H,5-6,9,11-12H2,1-4H3. The molecule has 1 N–H and O–H groups in total. The minimum atomic E-state index is -0.438. The van der Waals surface area contributed by atoms with E-state index in [9.17, 15) is 4.79 Å². The van der Waals surface area contributed by atoms with Crippen LogP contribution in [-0.4, -0.2) is 35.7 Å². The van der Waals surface area contributed by atoms with Gasteiger partial charge in [0, 0.05) is 30.1 Å². The Balaban J connectivity index is 1.84. The zero-order chi connectivity index (χ0) is 17.0. The molecule has 1 aliphatic heterocycles. The molecule has 1 unspecified atom stereocenters. The Hall–Kier alpha value is -1.07. The Labute approximate surface area is 147 Å². The molecule has 128 valence electrons. The number of benzene rings is 1. The van der Waals surface area contributed by atoms with Crippen molar-refractivity contribution in [2.75, 3.05) is 13.1 Å². The Morgan fingerprint density at radius 1 is 1.43 bits per heavy atom. The van der Waals surface area contributed by atoms with Crippen LogP contribution in [0.2, 0.25) is 0 Å². The van der Waals surface area contributed by atoms with Gasteiger partial charge in [-0.2, -0.15) is 0 Å². The molecule has 1 heterocycles. The van der Waals surface area contributed by atoms with Crippen LogP contribution in [0.1, 0.15) is 44.7 Å². The first-order chi connectivity index (χ1) is 10.8. The van der Waals surface area contributed by atoms with Crippen molar-refractivity contribution >= 4 is 22.0 Å². The summed E-state index contributed by atoms with van der Waals surface area (Å²) in [5.74, 6) is 0. The highest BCUT2D eigenvalue weighted by Crippen LogP contribution is 2.21. The lowest BCUT2D eigenvalue weighted by molar-refractivity contribution is 0.0226. The molecule has 0 aliphatic carbocycles. The highest BCUT2D eigenvalue weighted by Gasteiger charge is 2.31. The van der Waals surface area contributed by atoms with Crippen LogP contribution in [0.25, 0.3) is 0 Å². The van der Waals surface area contributed by atoms with Gasteiger partial charge in [-0.1, -0.05) is 28.1 Å². The van der Waals surface area contributed by atoms with Gasteiger partial charge in [0.05, 0.1) is 0 Å². The Kier molecular flexibility index (Phi) is 6.09. The van der Waals surface area contributed by atoms with Gasteiger partial charge in [0.1, 0.15) is 5.60 Å². The highest BCUT2D eigenvalue weighted by molar-refractivity contribution is 9.10. The van der Waals surface area contributed by atoms with Gasteiger partial charge in [-0.25, -0.2) is 4.79 Å². The largest absolute Gasteiger partial charge is 0.444 e. The van der Waals surface area contributed by atoms with E-state index in [4.69, 9.17) is 4.74 Å². The summed E-state index contributed by atoms with van der Waals surface area (Å²) in [5, 5.41) is 3.47. The number of carbonyl (C=O) groups is 1. The fraction of sp³-hybridized carbons (Fsp3) is 0.611. The third-order valence-electron chi connectivity index (χ3n) is 3.94. The summed E-state index contributed by atoms with van der Waals surface area (Å²) >= 11 is 3.52. The van der Waals surface area contributed by atoms with Crippen molar-refractivity contribution in [2.24, 2.45) is 0 Å². The van der Waals surface area contributed by atoms with E-state index in [0.29, 0.717) is 0 Å². The summed E-state index contributed by atoms with van der Waals surface area (Å²) in [6.45, 7) is 10.2. The normalized spacial score (nSPS) is 18.3. The SMILES string of the molecule is Cc1cc(CNCC2CCCN2C(=O)OC(C)(C)C)ccc1Br. The van der Waals surface area contributed by atoms with Gasteiger partial charge in [0.25, 0.3) is 0 Å². The van der Waals surface area contributed by atoms with Crippen molar-refractivity contribution in [2.45, 2.75) is 58.7 Å². The first kappa shape index (κ1) is 18.3. The molecule has 0 radical (unpaired) electrons. The van der Waals surface area contributed by atoms with Gasteiger partial charge < -0.3 is 15.0 Å². The van der Waals surface area contributed by atoms with E-state index < -0.39 is 5.60 Å². The van der Waals surface area contributed by atoms with Crippen LogP contribution in [0.5, 0.6) is 0 Å². The van der Waals surface area contributed by atoms with Crippen molar-refractivity contribution in [1.29, 1.82) is 0 Å². The van der Waals surface area contributed by atoms with Crippen LogP contribution in [0, 0.1) is 6.92 Å². The molecular formula is C18H27BrN2O2. The number of ether oxygens (including phenoxy) is 1. The number of aryl methyl sites for hydroxylation is 1. The number of nitrogens with zero attached hydrogens (tertiary/aromatic N) is 1. The van der Waals surface area contributed by atoms with Crippen LogP contribution >= 0.6 is 15.9 Å². The van der Waals surface area contributed by atoms with Crippen LogP contribution in [0.4, 0.5) is 4.79 Å². The Morgan fingerprint density at radius 2 is 2.17 bits per heavy atom. The Bertz CT molecular complexity index is 554. The molecule has 2 rings (SSSR count). The molecule has 1 atom stereocenters. The van der Waals surface area contributed by atoms with Crippen LogP contribution in [-0.2, 0) is 11.3 Å². The first-order valence-corrected chi connectivity index (χ1v) is 9.01. The summed E-state index contributed by atoms with van der Waals surface area (Å²) in [7, 11) is 0. The molecule has 0 aromatic heterocycles. The molecule has 23 heavy (non-hydrogen) atoms. The predicted octanol–water partition coefficient (Wildman–Crippen LogP) is 4.25. The summed E-state index contributed by atoms with van der Waals surface area (Å²) in [6.07, 6.45) is 1.88. The summed E-state index contributed by atoms with van der Waals surface area (Å²) in [6, 6.07) is 6.60. The van der Waals surface area contributed by atoms with Gasteiger partial charge >= 0.3 is 6.09 Å². The van der Waals surface area contributed by atoms with Gasteiger partial charge in [-0.3, -0.25) is 0 Å². The molecule has 5 heteroatoms. The van der Waals surface area contributed by atoms with E-state index >= 15 is 0 Å². The predicted molar refractivity (Wildman–Crippen MR) is 96.5 cm³/mol. The fourth-order valence-corrected chi connectivity index (χ4v) is 3.06. The van der Waals surface area contributed by atoms with Crippen LogP contribution in [0.3, 0.4) is 0 Å². The maximum Gasteiger partial charge on any atom is 0.410 e. The number of hydrogen-bond donors (Lipinski definition) is 1. The zero-order valence-corrected chi connectivity index (χ0v) is 16.1. The number of rotatable bonds is 4. The second kappa shape index (κ2) is 7.67. The van der Waals surface area contributed by atoms with Crippen molar-refractivity contribution in [3.63, 3.8) is 0 Å². The maximum atomic E-state index is 12.3. The van der Waals surface area contributed by atoms with E-state index in [2.05, 4.69) is 46.4 Å². The fourth-order valence-electron chi connectivity index (χ4n) is 2.81. The number of likely N-dealkylation sites (tertiary alicyclic amines) is 1. The smallest absolute Gasteiger partial charge is 0.410 e. The number of amides is 1. The molecule has 1 aromatic carbocycles. The first-order valence-electron chi connectivity index (χ1n) is 8.21. The zero-order valence-electron chi connectivity index (χ0n) is 14.5. The van der Waals surface area contributed by atoms with E-state index in [-0.39, 0.29) is 12.1 Å². The molecule has 4 nitrogen and oxygen atoms in total. The summed E-state index contributed by atoms with van der Waals surface area (Å²) < 4.78 is 6.63. The third-order valence-corrected chi connectivity index (χ3v) is 4.83. The van der Waals surface area contributed by atoms with Gasteiger partial charge in [-0.15, -0.1) is 0 Å². The number of halogens is 1. The number of nitrogens with one attached hydrogen (secondary N) is 1. The molecule has 1 aliphatic rings. The topological polar surface area (TPSA) is 41.6 Å². The minimum absolute atomic E-state index is 0.193. The second-order valence-corrected chi connectivity index (χ2v) is 8.04. The number of hydrogen-bond acceptors (Lipinski definition) is 3. The van der Waals surface area contributed by atoms with Crippen molar-refractivity contribution < 1.29 is 9.53 Å². The van der Waals surface area contributed by atoms with E-state index in [0.717, 1.165) is 36.9 Å². The lowest BCUT2D eigenvalue weighted by Crippen LogP contribution is -2.44. The number of carbonyl (C=O) groups excluding carboxylic acids is 1. The van der Waals surface area contributed by atoms with E-state index in [1.54, 1.807) is 0 Å². The molecule has 1 fully saturated rings. The molecule has 1 aromatic rings. The maximum absolute atomic E-state index is 12.3. The minimum Gasteiger partial charge on any atom is -0.444 e. The quantitative estimate of drug-likeness (QED) is 0.845. The molecule has 0 bridgehead atoms. The third kappa shape index (κ3) is 5.50. The van der Waals surface area contributed by atoms with Crippen LogP contribution in [0.15, 0.2) is 22.7 Å². The summed E-state index contributed by atoms with van der Waals surface area (Å²) in [4.78, 5) is 14.1. The van der Waals surface area contributed by atoms with Crippen molar-refractivity contribution in [3.05, 3.63) is 33.8 Å². The molecule has 1 amide bonds. The van der Waals surface area contributed by atoms with Gasteiger partial charge in [0.2, 0.25) is 0 Å². The van der Waals surface area contributed by atoms with Gasteiger partial charge in [-0.05, 0) is 57.7 Å². The Morgan fingerprint density at radius 3 is 2.83 bits per heavy atom. The molecule has 0 saturated carbocycles. The molecule has 1 saturated heterocycles. The average Bonchev–Trinajstić information content (AvgIpc) is 2.89. The van der Waals surface area contributed by atoms with Gasteiger partial charge in [0.15, 0.2) is 0 Å². The van der Waals surface area contributed by atoms with Crippen molar-refractivity contribution in [3.8, 4) is 0 Å². The van der Waals surface area contributed by atoms with E-state index in [1.165, 1.54) is 11.1 Å². The lowest BCUT2D eigenvalue weighted by atomic mass is 10.1. The van der Waals surface area contributed by atoms with Crippen LogP contribution < -0.4 is 5.32 Å². The monoisotopic (exact) mass is 382 g/mol. The van der Waals surface area contributed by atoms with E-state index in [1.807, 2.05) is 25.7 Å². The lowest BCUT2D eigenvalue weighted by Gasteiger charge is -2.28. The summed E-state index contributed by atoms with van der Waals surface area (Å²) in [5.41, 5.74) is 2.06. The molecule has 0 spiro atoms. The second-order valence-electron chi connectivity index (χ2n) is 7.18. The highest BCUT2D eigenvalue weighted by atomic mass is 79.9.